The fourth-order valence-electron chi connectivity index (χ4n) is 1.34. The third-order valence-corrected chi connectivity index (χ3v) is 3.82. The Morgan fingerprint density at radius 3 is 2.57 bits per heavy atom. The summed E-state index contributed by atoms with van der Waals surface area (Å²) in [7, 11) is 0. The Labute approximate surface area is 92.4 Å². The molecule has 0 aliphatic heterocycles. The molecule has 0 bridgehead atoms. The lowest BCUT2D eigenvalue weighted by atomic mass is 10.1. The summed E-state index contributed by atoms with van der Waals surface area (Å²) in [4.78, 5) is 0.295. The second kappa shape index (κ2) is 3.81. The second-order valence-corrected chi connectivity index (χ2v) is 4.54. The topological polar surface area (TPSA) is 40.1 Å². The molecule has 0 aliphatic carbocycles. The van der Waals surface area contributed by atoms with Gasteiger partial charge in [0.1, 0.15) is 0 Å². The molecule has 14 heavy (non-hydrogen) atoms. The first-order chi connectivity index (χ1) is 6.70. The molecule has 0 aromatic heterocycles. The molecule has 1 atom stereocenters. The number of benzene rings is 2. The van der Waals surface area contributed by atoms with Crippen molar-refractivity contribution < 1.29 is 8.76 Å². The summed E-state index contributed by atoms with van der Waals surface area (Å²) in [5.74, 6) is 0. The van der Waals surface area contributed by atoms with Gasteiger partial charge < -0.3 is 4.55 Å². The zero-order valence-electron chi connectivity index (χ0n) is 7.07. The summed E-state index contributed by atoms with van der Waals surface area (Å²) in [6, 6.07) is 11.0. The van der Waals surface area contributed by atoms with Crippen LogP contribution >= 0.6 is 15.9 Å². The Bertz CT molecular complexity index is 510. The SMILES string of the molecule is O=S([O-])c1ccc2ccccc2c1Br. The number of halogens is 1. The molecule has 72 valence electrons. The summed E-state index contributed by atoms with van der Waals surface area (Å²) >= 11 is 1.10. The van der Waals surface area contributed by atoms with E-state index < -0.39 is 11.1 Å². The lowest BCUT2D eigenvalue weighted by molar-refractivity contribution is 0.537. The van der Waals surface area contributed by atoms with Gasteiger partial charge in [0.15, 0.2) is 0 Å². The highest BCUT2D eigenvalue weighted by atomic mass is 79.9. The quantitative estimate of drug-likeness (QED) is 0.747. The summed E-state index contributed by atoms with van der Waals surface area (Å²) < 4.78 is 22.3. The molecule has 2 rings (SSSR count). The lowest BCUT2D eigenvalue weighted by Gasteiger charge is -2.09. The summed E-state index contributed by atoms with van der Waals surface area (Å²) in [6.07, 6.45) is 0. The maximum atomic E-state index is 10.8. The molecule has 2 aromatic rings. The highest BCUT2D eigenvalue weighted by molar-refractivity contribution is 9.10. The Hall–Kier alpha value is -0.710. The van der Waals surface area contributed by atoms with Crippen LogP contribution in [0.4, 0.5) is 0 Å². The molecule has 1 unspecified atom stereocenters. The van der Waals surface area contributed by atoms with Crippen molar-refractivity contribution in [2.45, 2.75) is 4.90 Å². The molecule has 2 aromatic carbocycles. The van der Waals surface area contributed by atoms with Crippen LogP contribution in [-0.2, 0) is 11.1 Å². The summed E-state index contributed by atoms with van der Waals surface area (Å²) in [5, 5.41) is 1.93. The minimum Gasteiger partial charge on any atom is -0.768 e. The highest BCUT2D eigenvalue weighted by Gasteiger charge is 2.04. The molecular formula is C10H6BrO2S-. The molecule has 0 aliphatic rings. The average molecular weight is 270 g/mol. The van der Waals surface area contributed by atoms with Gasteiger partial charge >= 0.3 is 0 Å². The van der Waals surface area contributed by atoms with Crippen molar-refractivity contribution in [3.63, 3.8) is 0 Å². The van der Waals surface area contributed by atoms with E-state index >= 15 is 0 Å². The molecule has 2 nitrogen and oxygen atoms in total. The minimum atomic E-state index is -2.19. The minimum absolute atomic E-state index is 0.295. The number of rotatable bonds is 1. The van der Waals surface area contributed by atoms with Crippen molar-refractivity contribution in [1.29, 1.82) is 0 Å². The third-order valence-electron chi connectivity index (χ3n) is 2.01. The van der Waals surface area contributed by atoms with Crippen LogP contribution in [0.3, 0.4) is 0 Å². The van der Waals surface area contributed by atoms with Crippen LogP contribution in [0.25, 0.3) is 10.8 Å². The van der Waals surface area contributed by atoms with Crippen LogP contribution in [-0.4, -0.2) is 8.76 Å². The van der Waals surface area contributed by atoms with E-state index in [4.69, 9.17) is 0 Å². The van der Waals surface area contributed by atoms with E-state index in [2.05, 4.69) is 15.9 Å². The molecule has 0 heterocycles. The fourth-order valence-corrected chi connectivity index (χ4v) is 2.67. The molecular weight excluding hydrogens is 264 g/mol. The van der Waals surface area contributed by atoms with Gasteiger partial charge in [-0.25, -0.2) is 0 Å². The molecule has 0 saturated carbocycles. The monoisotopic (exact) mass is 269 g/mol. The first kappa shape index (κ1) is 9.83. The standard InChI is InChI=1S/C10H7BrO2S/c11-10-8-4-2-1-3-7(8)5-6-9(10)14(12)13/h1-6H,(H,12,13)/p-1. The van der Waals surface area contributed by atoms with Crippen molar-refractivity contribution in [1.82, 2.24) is 0 Å². The zero-order chi connectivity index (χ0) is 10.1. The van der Waals surface area contributed by atoms with Crippen molar-refractivity contribution in [3.05, 3.63) is 40.9 Å². The molecule has 0 fully saturated rings. The Morgan fingerprint density at radius 2 is 1.86 bits per heavy atom. The molecule has 0 saturated heterocycles. The normalized spacial score (nSPS) is 13.0. The van der Waals surface area contributed by atoms with Crippen LogP contribution < -0.4 is 0 Å². The first-order valence-corrected chi connectivity index (χ1v) is 5.83. The Morgan fingerprint density at radius 1 is 1.14 bits per heavy atom. The van der Waals surface area contributed by atoms with Gasteiger partial charge in [0.05, 0.1) is 0 Å². The van der Waals surface area contributed by atoms with Gasteiger partial charge in [0.2, 0.25) is 0 Å². The maximum Gasteiger partial charge on any atom is 0.0403 e. The van der Waals surface area contributed by atoms with Gasteiger partial charge in [-0.05, 0) is 43.8 Å². The second-order valence-electron chi connectivity index (χ2n) is 2.83. The van der Waals surface area contributed by atoms with Crippen LogP contribution in [0.2, 0.25) is 0 Å². The first-order valence-electron chi connectivity index (χ1n) is 3.96. The molecule has 0 amide bonds. The van der Waals surface area contributed by atoms with Crippen molar-refractivity contribution in [2.75, 3.05) is 0 Å². The van der Waals surface area contributed by atoms with Gasteiger partial charge in [0, 0.05) is 9.37 Å². The van der Waals surface area contributed by atoms with E-state index in [0.717, 1.165) is 10.8 Å². The summed E-state index contributed by atoms with van der Waals surface area (Å²) in [5.41, 5.74) is 0. The van der Waals surface area contributed by atoms with Crippen molar-refractivity contribution >= 4 is 37.8 Å². The predicted molar refractivity (Wildman–Crippen MR) is 58.8 cm³/mol. The molecule has 4 heteroatoms. The van der Waals surface area contributed by atoms with E-state index in [-0.39, 0.29) is 0 Å². The third kappa shape index (κ3) is 1.61. The summed E-state index contributed by atoms with van der Waals surface area (Å²) in [6.45, 7) is 0. The van der Waals surface area contributed by atoms with Gasteiger partial charge in [0.25, 0.3) is 0 Å². The zero-order valence-corrected chi connectivity index (χ0v) is 9.47. The fraction of sp³-hybridized carbons (Fsp3) is 0. The van der Waals surface area contributed by atoms with Crippen molar-refractivity contribution in [3.8, 4) is 0 Å². The van der Waals surface area contributed by atoms with E-state index in [1.54, 1.807) is 12.1 Å². The van der Waals surface area contributed by atoms with Gasteiger partial charge in [-0.3, -0.25) is 4.21 Å². The van der Waals surface area contributed by atoms with E-state index in [0.29, 0.717) is 9.37 Å². The van der Waals surface area contributed by atoms with Crippen LogP contribution in [0, 0.1) is 0 Å². The van der Waals surface area contributed by atoms with Crippen LogP contribution in [0.15, 0.2) is 45.8 Å². The molecule has 0 N–H and O–H groups in total. The smallest absolute Gasteiger partial charge is 0.0403 e. The Balaban J connectivity index is 2.81. The van der Waals surface area contributed by atoms with E-state index in [9.17, 15) is 8.76 Å². The highest BCUT2D eigenvalue weighted by Crippen LogP contribution is 2.29. The predicted octanol–water partition coefficient (Wildman–Crippen LogP) is 2.84. The lowest BCUT2D eigenvalue weighted by Crippen LogP contribution is -1.90. The van der Waals surface area contributed by atoms with E-state index in [1.165, 1.54) is 0 Å². The molecule has 0 radical (unpaired) electrons. The largest absolute Gasteiger partial charge is 0.768 e. The van der Waals surface area contributed by atoms with Crippen LogP contribution in [0.5, 0.6) is 0 Å². The maximum absolute atomic E-state index is 10.8. The van der Waals surface area contributed by atoms with Gasteiger partial charge in [-0.15, -0.1) is 0 Å². The van der Waals surface area contributed by atoms with E-state index in [1.807, 2.05) is 24.3 Å². The molecule has 0 spiro atoms. The Kier molecular flexibility index (Phi) is 2.67. The number of hydrogen-bond acceptors (Lipinski definition) is 2. The number of fused-ring (bicyclic) bond motifs is 1. The van der Waals surface area contributed by atoms with Gasteiger partial charge in [-0.1, -0.05) is 30.3 Å². The average Bonchev–Trinajstić information content (AvgIpc) is 2.18. The van der Waals surface area contributed by atoms with Crippen molar-refractivity contribution in [2.24, 2.45) is 0 Å². The van der Waals surface area contributed by atoms with Gasteiger partial charge in [-0.2, -0.15) is 0 Å². The van der Waals surface area contributed by atoms with Crippen LogP contribution in [0.1, 0.15) is 0 Å². The number of hydrogen-bond donors (Lipinski definition) is 0.